The van der Waals surface area contributed by atoms with Crippen LogP contribution in [0.5, 0.6) is 5.75 Å². The largest absolute Gasteiger partial charge is 0.496 e. The molecule has 4 aromatic rings. The Morgan fingerprint density at radius 1 is 1.35 bits per heavy atom. The molecule has 116 valence electrons. The number of para-hydroxylation sites is 1. The molecule has 0 aliphatic carbocycles. The van der Waals surface area contributed by atoms with Gasteiger partial charge in [-0.15, -0.1) is 16.4 Å². The number of aromatic nitrogens is 4. The molecule has 0 bridgehead atoms. The van der Waals surface area contributed by atoms with Crippen LogP contribution in [0.2, 0.25) is 0 Å². The average molecular weight is 344 g/mol. The number of nitrogens with zero attached hydrogens (tertiary/aromatic N) is 3. The van der Waals surface area contributed by atoms with E-state index in [4.69, 9.17) is 17.0 Å². The van der Waals surface area contributed by atoms with Crippen molar-refractivity contribution in [2.24, 2.45) is 0 Å². The van der Waals surface area contributed by atoms with E-state index in [1.165, 1.54) is 11.3 Å². The van der Waals surface area contributed by atoms with E-state index in [-0.39, 0.29) is 5.56 Å². The highest BCUT2D eigenvalue weighted by atomic mass is 32.1. The molecule has 0 atom stereocenters. The number of hydrogen-bond donors (Lipinski definition) is 1. The van der Waals surface area contributed by atoms with Crippen molar-refractivity contribution < 1.29 is 4.74 Å². The Morgan fingerprint density at radius 2 is 2.17 bits per heavy atom. The monoisotopic (exact) mass is 344 g/mol. The topological polar surface area (TPSA) is 64.3 Å². The van der Waals surface area contributed by atoms with Crippen molar-refractivity contribution >= 4 is 39.5 Å². The number of rotatable bonds is 3. The Kier molecular flexibility index (Phi) is 3.28. The third-order valence-corrected chi connectivity index (χ3v) is 4.91. The molecule has 23 heavy (non-hydrogen) atoms. The summed E-state index contributed by atoms with van der Waals surface area (Å²) in [7, 11) is 1.62. The normalized spacial score (nSPS) is 11.3. The van der Waals surface area contributed by atoms with Gasteiger partial charge in [0.15, 0.2) is 0 Å². The number of ether oxygens (including phenoxy) is 1. The van der Waals surface area contributed by atoms with E-state index in [1.807, 2.05) is 35.7 Å². The molecule has 0 amide bonds. The first-order chi connectivity index (χ1) is 11.2. The molecule has 4 rings (SSSR count). The maximum Gasteiger partial charge on any atom is 0.273 e. The highest BCUT2D eigenvalue weighted by Gasteiger charge is 2.15. The van der Waals surface area contributed by atoms with Crippen LogP contribution < -0.4 is 10.3 Å². The average Bonchev–Trinajstić information content (AvgIpc) is 3.18. The van der Waals surface area contributed by atoms with Crippen LogP contribution in [-0.4, -0.2) is 26.3 Å². The van der Waals surface area contributed by atoms with Gasteiger partial charge >= 0.3 is 0 Å². The van der Waals surface area contributed by atoms with Crippen LogP contribution in [0.25, 0.3) is 16.0 Å². The molecule has 0 aliphatic heterocycles. The summed E-state index contributed by atoms with van der Waals surface area (Å²) >= 11 is 6.71. The van der Waals surface area contributed by atoms with Gasteiger partial charge in [0.1, 0.15) is 10.4 Å². The van der Waals surface area contributed by atoms with Crippen LogP contribution in [0.4, 0.5) is 0 Å². The first kappa shape index (κ1) is 14.2. The van der Waals surface area contributed by atoms with Crippen molar-refractivity contribution in [2.75, 3.05) is 7.11 Å². The first-order valence-corrected chi connectivity index (χ1v) is 8.18. The van der Waals surface area contributed by atoms with E-state index in [0.29, 0.717) is 21.8 Å². The number of hydrogen-bond acceptors (Lipinski definition) is 5. The second-order valence-electron chi connectivity index (χ2n) is 5.00. The summed E-state index contributed by atoms with van der Waals surface area (Å²) in [5.74, 6) is 1.23. The summed E-state index contributed by atoms with van der Waals surface area (Å²) in [6, 6.07) is 9.50. The summed E-state index contributed by atoms with van der Waals surface area (Å²) in [5.41, 5.74) is 1.61. The molecule has 0 fully saturated rings. The van der Waals surface area contributed by atoms with Gasteiger partial charge in [0.2, 0.25) is 10.5 Å². The van der Waals surface area contributed by atoms with E-state index >= 15 is 0 Å². The number of fused-ring (bicyclic) bond motifs is 3. The van der Waals surface area contributed by atoms with Crippen molar-refractivity contribution in [2.45, 2.75) is 6.54 Å². The number of nitrogens with one attached hydrogen (secondary N) is 1. The predicted molar refractivity (Wildman–Crippen MR) is 92.1 cm³/mol. The third kappa shape index (κ3) is 2.10. The van der Waals surface area contributed by atoms with Gasteiger partial charge in [-0.3, -0.25) is 13.8 Å². The van der Waals surface area contributed by atoms with E-state index < -0.39 is 0 Å². The van der Waals surface area contributed by atoms with Crippen LogP contribution in [0, 0.1) is 4.77 Å². The van der Waals surface area contributed by atoms with Gasteiger partial charge in [-0.2, -0.15) is 0 Å². The maximum atomic E-state index is 12.8. The molecule has 0 saturated heterocycles. The molecule has 0 unspecified atom stereocenters. The number of thiophene rings is 1. The smallest absolute Gasteiger partial charge is 0.273 e. The summed E-state index contributed by atoms with van der Waals surface area (Å²) < 4.78 is 9.91. The fraction of sp³-hybridized carbons (Fsp3) is 0.133. The maximum absolute atomic E-state index is 12.8. The molecule has 1 aromatic carbocycles. The van der Waals surface area contributed by atoms with Gasteiger partial charge in [0.05, 0.1) is 19.2 Å². The number of aromatic amines is 1. The van der Waals surface area contributed by atoms with Gasteiger partial charge in [0, 0.05) is 5.56 Å². The van der Waals surface area contributed by atoms with Crippen LogP contribution in [-0.2, 0) is 6.54 Å². The fourth-order valence-corrected chi connectivity index (χ4v) is 3.74. The molecule has 0 radical (unpaired) electrons. The summed E-state index contributed by atoms with van der Waals surface area (Å²) in [5, 5.41) is 8.89. The lowest BCUT2D eigenvalue weighted by Gasteiger charge is -2.11. The molecular formula is C15H12N4O2S2. The van der Waals surface area contributed by atoms with Crippen molar-refractivity contribution in [3.05, 3.63) is 56.4 Å². The summed E-state index contributed by atoms with van der Waals surface area (Å²) in [4.78, 5) is 12.8. The number of methoxy groups -OCH3 is 1. The van der Waals surface area contributed by atoms with Crippen molar-refractivity contribution in [1.29, 1.82) is 0 Å². The van der Waals surface area contributed by atoms with E-state index in [0.717, 1.165) is 16.8 Å². The molecule has 0 saturated carbocycles. The highest BCUT2D eigenvalue weighted by Crippen LogP contribution is 2.22. The van der Waals surface area contributed by atoms with Crippen LogP contribution in [0.3, 0.4) is 0 Å². The Hall–Kier alpha value is -2.45. The number of benzene rings is 1. The molecule has 0 aliphatic rings. The van der Waals surface area contributed by atoms with Gasteiger partial charge < -0.3 is 4.74 Å². The summed E-state index contributed by atoms with van der Waals surface area (Å²) in [6.07, 6.45) is 0. The molecular weight excluding hydrogens is 332 g/mol. The van der Waals surface area contributed by atoms with Crippen molar-refractivity contribution in [1.82, 2.24) is 19.2 Å². The van der Waals surface area contributed by atoms with Crippen molar-refractivity contribution in [3.63, 3.8) is 0 Å². The van der Waals surface area contributed by atoms with E-state index in [2.05, 4.69) is 10.2 Å². The highest BCUT2D eigenvalue weighted by molar-refractivity contribution is 7.71. The summed E-state index contributed by atoms with van der Waals surface area (Å²) in [6.45, 7) is 0.361. The first-order valence-electron chi connectivity index (χ1n) is 6.89. The molecule has 8 heteroatoms. The fourth-order valence-electron chi connectivity index (χ4n) is 2.69. The van der Waals surface area contributed by atoms with Gasteiger partial charge in [-0.1, -0.05) is 18.2 Å². The lowest BCUT2D eigenvalue weighted by atomic mass is 10.2. The molecule has 1 N–H and O–H groups in total. The van der Waals surface area contributed by atoms with Gasteiger partial charge in [0.25, 0.3) is 5.56 Å². The van der Waals surface area contributed by atoms with Gasteiger partial charge in [-0.05, 0) is 29.7 Å². The number of H-pyrrole nitrogens is 1. The zero-order valence-corrected chi connectivity index (χ0v) is 13.8. The van der Waals surface area contributed by atoms with Gasteiger partial charge in [-0.25, -0.2) is 5.10 Å². The zero-order valence-electron chi connectivity index (χ0n) is 12.1. The molecule has 3 heterocycles. The second-order valence-corrected chi connectivity index (χ2v) is 6.31. The van der Waals surface area contributed by atoms with Crippen LogP contribution >= 0.6 is 23.6 Å². The molecule has 3 aromatic heterocycles. The Bertz CT molecular complexity index is 1140. The molecule has 0 spiro atoms. The standard InChI is InChI=1S/C15H12N4O2S2/c1-21-11-5-3-2-4-9(11)8-18-13(20)12-10(6-7-23-12)19-14(18)16-17-15(19)22/h2-7H,8H2,1H3,(H,17,22). The minimum atomic E-state index is -0.0811. The Balaban J connectivity index is 2.04. The second kappa shape index (κ2) is 5.32. The predicted octanol–water partition coefficient (Wildman–Crippen LogP) is 2.83. The SMILES string of the molecule is COc1ccccc1Cn1c(=O)c2sccc2n2c(=S)[nH]nc12. The molecule has 6 nitrogen and oxygen atoms in total. The lowest BCUT2D eigenvalue weighted by molar-refractivity contribution is 0.408. The third-order valence-electron chi connectivity index (χ3n) is 3.74. The van der Waals surface area contributed by atoms with Crippen molar-refractivity contribution in [3.8, 4) is 5.75 Å². The Labute approximate surface area is 139 Å². The zero-order chi connectivity index (χ0) is 16.0. The minimum absolute atomic E-state index is 0.0811. The quantitative estimate of drug-likeness (QED) is 0.581. The van der Waals surface area contributed by atoms with Crippen LogP contribution in [0.1, 0.15) is 5.56 Å². The minimum Gasteiger partial charge on any atom is -0.496 e. The van der Waals surface area contributed by atoms with E-state index in [9.17, 15) is 4.79 Å². The Morgan fingerprint density at radius 3 is 3.00 bits per heavy atom. The van der Waals surface area contributed by atoms with E-state index in [1.54, 1.807) is 16.1 Å². The van der Waals surface area contributed by atoms with Crippen LogP contribution in [0.15, 0.2) is 40.5 Å². The lowest BCUT2D eigenvalue weighted by Crippen LogP contribution is -2.23.